The lowest BCUT2D eigenvalue weighted by Gasteiger charge is -2.07. The fraction of sp³-hybridized carbons (Fsp3) is 0.500. The van der Waals surface area contributed by atoms with Gasteiger partial charge in [0.25, 0.3) is 0 Å². The SMILES string of the molecule is CC(C(=O)Cc1ccc(Br)cn1)C1CC1. The van der Waals surface area contributed by atoms with Gasteiger partial charge in [0.2, 0.25) is 0 Å². The zero-order valence-electron chi connectivity index (χ0n) is 8.74. The Kier molecular flexibility index (Phi) is 3.19. The summed E-state index contributed by atoms with van der Waals surface area (Å²) in [5.41, 5.74) is 0.871. The summed E-state index contributed by atoms with van der Waals surface area (Å²) in [5.74, 6) is 1.19. The Morgan fingerprint density at radius 2 is 2.33 bits per heavy atom. The highest BCUT2D eigenvalue weighted by Crippen LogP contribution is 2.37. The van der Waals surface area contributed by atoms with E-state index < -0.39 is 0 Å². The van der Waals surface area contributed by atoms with Crippen LogP contribution in [0.2, 0.25) is 0 Å². The maximum absolute atomic E-state index is 11.8. The summed E-state index contributed by atoms with van der Waals surface area (Å²) in [7, 11) is 0. The summed E-state index contributed by atoms with van der Waals surface area (Å²) in [5, 5.41) is 0. The van der Waals surface area contributed by atoms with Crippen molar-refractivity contribution in [1.82, 2.24) is 4.98 Å². The van der Waals surface area contributed by atoms with Crippen LogP contribution in [-0.2, 0) is 11.2 Å². The van der Waals surface area contributed by atoms with Crippen LogP contribution in [0.25, 0.3) is 0 Å². The van der Waals surface area contributed by atoms with Crippen LogP contribution >= 0.6 is 15.9 Å². The first kappa shape index (κ1) is 10.8. The fourth-order valence-electron chi connectivity index (χ4n) is 1.71. The molecule has 0 saturated heterocycles. The molecular formula is C12H14BrNO. The number of carbonyl (C=O) groups excluding carboxylic acids is 1. The molecule has 1 unspecified atom stereocenters. The third-order valence-corrected chi connectivity index (χ3v) is 3.45. The van der Waals surface area contributed by atoms with E-state index in [1.54, 1.807) is 6.20 Å². The standard InChI is InChI=1S/C12H14BrNO/c1-8(9-2-3-9)12(15)6-11-5-4-10(13)7-14-11/h4-5,7-9H,2-3,6H2,1H3. The highest BCUT2D eigenvalue weighted by Gasteiger charge is 2.32. The van der Waals surface area contributed by atoms with Crippen molar-refractivity contribution in [3.8, 4) is 0 Å². The molecule has 0 amide bonds. The van der Waals surface area contributed by atoms with Gasteiger partial charge in [-0.25, -0.2) is 0 Å². The number of aromatic nitrogens is 1. The molecule has 0 radical (unpaired) electrons. The van der Waals surface area contributed by atoms with E-state index in [0.717, 1.165) is 10.2 Å². The van der Waals surface area contributed by atoms with Crippen molar-refractivity contribution < 1.29 is 4.79 Å². The van der Waals surface area contributed by atoms with Gasteiger partial charge in [0.15, 0.2) is 0 Å². The number of halogens is 1. The number of hydrogen-bond donors (Lipinski definition) is 0. The molecule has 0 bridgehead atoms. The zero-order valence-corrected chi connectivity index (χ0v) is 10.3. The summed E-state index contributed by atoms with van der Waals surface area (Å²) in [6.45, 7) is 2.04. The smallest absolute Gasteiger partial charge is 0.141 e. The number of hydrogen-bond acceptors (Lipinski definition) is 2. The zero-order chi connectivity index (χ0) is 10.8. The second-order valence-corrected chi connectivity index (χ2v) is 5.15. The first-order valence-electron chi connectivity index (χ1n) is 5.30. The van der Waals surface area contributed by atoms with E-state index in [9.17, 15) is 4.79 Å². The van der Waals surface area contributed by atoms with E-state index in [-0.39, 0.29) is 5.92 Å². The Bertz CT molecular complexity index is 356. The quantitative estimate of drug-likeness (QED) is 0.840. The molecule has 0 aliphatic heterocycles. The van der Waals surface area contributed by atoms with Gasteiger partial charge in [0, 0.05) is 28.7 Å². The number of rotatable bonds is 4. The van der Waals surface area contributed by atoms with Crippen LogP contribution in [0.15, 0.2) is 22.8 Å². The Morgan fingerprint density at radius 3 is 2.87 bits per heavy atom. The van der Waals surface area contributed by atoms with E-state index in [1.807, 2.05) is 19.1 Å². The maximum atomic E-state index is 11.8. The molecule has 0 aromatic carbocycles. The van der Waals surface area contributed by atoms with Gasteiger partial charge in [0.1, 0.15) is 5.78 Å². The summed E-state index contributed by atoms with van der Waals surface area (Å²) in [4.78, 5) is 16.0. The minimum atomic E-state index is 0.218. The van der Waals surface area contributed by atoms with E-state index in [2.05, 4.69) is 20.9 Å². The molecule has 3 heteroatoms. The van der Waals surface area contributed by atoms with E-state index in [0.29, 0.717) is 18.1 Å². The molecule has 0 N–H and O–H groups in total. The minimum Gasteiger partial charge on any atom is -0.299 e. The van der Waals surface area contributed by atoms with Gasteiger partial charge in [-0.3, -0.25) is 9.78 Å². The average molecular weight is 268 g/mol. The molecule has 15 heavy (non-hydrogen) atoms. The third-order valence-electron chi connectivity index (χ3n) is 2.98. The summed E-state index contributed by atoms with van der Waals surface area (Å²) in [6, 6.07) is 3.83. The summed E-state index contributed by atoms with van der Waals surface area (Å²) >= 11 is 3.33. The van der Waals surface area contributed by atoms with Crippen LogP contribution in [0, 0.1) is 11.8 Å². The van der Waals surface area contributed by atoms with Gasteiger partial charge in [-0.2, -0.15) is 0 Å². The lowest BCUT2D eigenvalue weighted by Crippen LogP contribution is -2.16. The normalized spacial score (nSPS) is 17.5. The molecule has 2 nitrogen and oxygen atoms in total. The van der Waals surface area contributed by atoms with Crippen LogP contribution < -0.4 is 0 Å². The molecule has 1 atom stereocenters. The van der Waals surface area contributed by atoms with Crippen LogP contribution in [-0.4, -0.2) is 10.8 Å². The van der Waals surface area contributed by atoms with Crippen molar-refractivity contribution in [3.63, 3.8) is 0 Å². The molecular weight excluding hydrogens is 254 g/mol. The second-order valence-electron chi connectivity index (χ2n) is 4.24. The van der Waals surface area contributed by atoms with E-state index in [1.165, 1.54) is 12.8 Å². The first-order chi connectivity index (χ1) is 7.16. The Balaban J connectivity index is 1.95. The number of nitrogens with zero attached hydrogens (tertiary/aromatic N) is 1. The highest BCUT2D eigenvalue weighted by molar-refractivity contribution is 9.10. The molecule has 1 aromatic heterocycles. The molecule has 80 valence electrons. The van der Waals surface area contributed by atoms with Gasteiger partial charge >= 0.3 is 0 Å². The largest absolute Gasteiger partial charge is 0.299 e. The number of carbonyl (C=O) groups is 1. The molecule has 1 aliphatic carbocycles. The van der Waals surface area contributed by atoms with Crippen LogP contribution in [0.5, 0.6) is 0 Å². The fourth-order valence-corrected chi connectivity index (χ4v) is 1.94. The minimum absolute atomic E-state index is 0.218. The Labute approximate surface area is 98.2 Å². The first-order valence-corrected chi connectivity index (χ1v) is 6.09. The molecule has 0 spiro atoms. The number of pyridine rings is 1. The lowest BCUT2D eigenvalue weighted by atomic mass is 9.97. The van der Waals surface area contributed by atoms with E-state index >= 15 is 0 Å². The van der Waals surface area contributed by atoms with Crippen LogP contribution in [0.1, 0.15) is 25.5 Å². The summed E-state index contributed by atoms with van der Waals surface area (Å²) in [6.07, 6.45) is 4.66. The molecule has 1 aliphatic rings. The topological polar surface area (TPSA) is 30.0 Å². The molecule has 1 saturated carbocycles. The van der Waals surface area contributed by atoms with Crippen molar-refractivity contribution >= 4 is 21.7 Å². The number of Topliss-reactive ketones (excluding diaryl/α,β-unsaturated/α-hetero) is 1. The van der Waals surface area contributed by atoms with Gasteiger partial charge in [0.05, 0.1) is 0 Å². The van der Waals surface area contributed by atoms with Crippen molar-refractivity contribution in [2.45, 2.75) is 26.2 Å². The predicted octanol–water partition coefficient (Wildman–Crippen LogP) is 3.00. The van der Waals surface area contributed by atoms with Crippen molar-refractivity contribution in [2.75, 3.05) is 0 Å². The predicted molar refractivity (Wildman–Crippen MR) is 62.5 cm³/mol. The average Bonchev–Trinajstić information content (AvgIpc) is 3.04. The van der Waals surface area contributed by atoms with Crippen LogP contribution in [0.4, 0.5) is 0 Å². The maximum Gasteiger partial charge on any atom is 0.141 e. The van der Waals surface area contributed by atoms with Crippen molar-refractivity contribution in [2.24, 2.45) is 11.8 Å². The Morgan fingerprint density at radius 1 is 1.60 bits per heavy atom. The van der Waals surface area contributed by atoms with Crippen molar-refractivity contribution in [3.05, 3.63) is 28.5 Å². The number of ketones is 1. The van der Waals surface area contributed by atoms with Gasteiger partial charge < -0.3 is 0 Å². The molecule has 2 rings (SSSR count). The molecule has 1 heterocycles. The Hall–Kier alpha value is -0.700. The molecule has 1 aromatic rings. The van der Waals surface area contributed by atoms with Crippen molar-refractivity contribution in [1.29, 1.82) is 0 Å². The monoisotopic (exact) mass is 267 g/mol. The van der Waals surface area contributed by atoms with Crippen LogP contribution in [0.3, 0.4) is 0 Å². The summed E-state index contributed by atoms with van der Waals surface area (Å²) < 4.78 is 0.953. The van der Waals surface area contributed by atoms with Gasteiger partial charge in [-0.1, -0.05) is 6.92 Å². The second kappa shape index (κ2) is 4.44. The lowest BCUT2D eigenvalue weighted by molar-refractivity contribution is -0.122. The molecule has 1 fully saturated rings. The van der Waals surface area contributed by atoms with Gasteiger partial charge in [-0.15, -0.1) is 0 Å². The third kappa shape index (κ3) is 2.88. The highest BCUT2D eigenvalue weighted by atomic mass is 79.9. The van der Waals surface area contributed by atoms with Gasteiger partial charge in [-0.05, 0) is 46.8 Å². The van der Waals surface area contributed by atoms with E-state index in [4.69, 9.17) is 0 Å².